The number of hydrogen-bond donors (Lipinski definition) is 2. The fraction of sp³-hybridized carbons (Fsp3) is 0.190. The van der Waals surface area contributed by atoms with Gasteiger partial charge in [-0.15, -0.1) is 0 Å². The summed E-state index contributed by atoms with van der Waals surface area (Å²) in [5.41, 5.74) is 3.69. The fourth-order valence-corrected chi connectivity index (χ4v) is 2.73. The van der Waals surface area contributed by atoms with Crippen molar-refractivity contribution in [2.24, 2.45) is 7.05 Å². The highest BCUT2D eigenvalue weighted by molar-refractivity contribution is 5.89. The molecule has 0 atom stereocenters. The molecule has 0 amide bonds. The highest BCUT2D eigenvalue weighted by Gasteiger charge is 2.09. The molecule has 0 fully saturated rings. The van der Waals surface area contributed by atoms with Crippen molar-refractivity contribution in [2.75, 3.05) is 11.4 Å². The van der Waals surface area contributed by atoms with E-state index in [1.54, 1.807) is 0 Å². The lowest BCUT2D eigenvalue weighted by atomic mass is 10.2. The molecule has 0 unspecified atom stereocenters. The van der Waals surface area contributed by atoms with Gasteiger partial charge in [-0.2, -0.15) is 0 Å². The van der Waals surface area contributed by atoms with Gasteiger partial charge in [0, 0.05) is 66.6 Å². The number of benzene rings is 1. The average Bonchev–Trinajstić information content (AvgIpc) is 3.06. The molecule has 2 heterocycles. The summed E-state index contributed by atoms with van der Waals surface area (Å²) in [6, 6.07) is 12.9. The van der Waals surface area contributed by atoms with Gasteiger partial charge in [0.15, 0.2) is 0 Å². The Kier molecular flexibility index (Phi) is 7.33. The summed E-state index contributed by atoms with van der Waals surface area (Å²) < 4.78 is 2.15. The summed E-state index contributed by atoms with van der Waals surface area (Å²) in [6.07, 6.45) is 8.02. The monoisotopic (exact) mass is 381 g/mol. The summed E-state index contributed by atoms with van der Waals surface area (Å²) in [4.78, 5) is 25.6. The van der Waals surface area contributed by atoms with Crippen molar-refractivity contribution in [3.8, 4) is 0 Å². The second kappa shape index (κ2) is 9.91. The molecule has 0 saturated carbocycles. The van der Waals surface area contributed by atoms with E-state index in [-0.39, 0.29) is 0 Å². The number of pyridine rings is 1. The third-order valence-electron chi connectivity index (χ3n) is 3.97. The number of carboxylic acid groups (broad SMARTS) is 2. The molecule has 7 nitrogen and oxygen atoms in total. The van der Waals surface area contributed by atoms with E-state index in [1.165, 1.54) is 22.3 Å². The van der Waals surface area contributed by atoms with Crippen LogP contribution in [0.15, 0.2) is 67.1 Å². The number of carboxylic acids is 2. The molecule has 146 valence electrons. The summed E-state index contributed by atoms with van der Waals surface area (Å²) in [5.74, 6) is -2.51. The van der Waals surface area contributed by atoms with Crippen LogP contribution >= 0.6 is 0 Å². The molecule has 0 radical (unpaired) electrons. The van der Waals surface area contributed by atoms with Gasteiger partial charge >= 0.3 is 11.9 Å². The Morgan fingerprint density at radius 2 is 1.68 bits per heavy atom. The maximum absolute atomic E-state index is 9.55. The van der Waals surface area contributed by atoms with Crippen molar-refractivity contribution < 1.29 is 19.8 Å². The molecule has 28 heavy (non-hydrogen) atoms. The second-order valence-electron chi connectivity index (χ2n) is 6.04. The highest BCUT2D eigenvalue weighted by Crippen LogP contribution is 2.28. The Bertz CT molecular complexity index is 948. The number of aryl methyl sites for hydroxylation is 1. The van der Waals surface area contributed by atoms with Crippen molar-refractivity contribution in [1.29, 1.82) is 0 Å². The van der Waals surface area contributed by atoms with Crippen LogP contribution in [0.3, 0.4) is 0 Å². The quantitative estimate of drug-likeness (QED) is 0.630. The lowest BCUT2D eigenvalue weighted by Crippen LogP contribution is -2.17. The predicted molar refractivity (Wildman–Crippen MR) is 109 cm³/mol. The van der Waals surface area contributed by atoms with E-state index in [0.29, 0.717) is 12.2 Å². The first-order chi connectivity index (χ1) is 13.4. The van der Waals surface area contributed by atoms with E-state index >= 15 is 0 Å². The van der Waals surface area contributed by atoms with E-state index in [4.69, 9.17) is 10.2 Å². The molecule has 0 aliphatic carbocycles. The van der Waals surface area contributed by atoms with Gasteiger partial charge in [0.1, 0.15) is 0 Å². The highest BCUT2D eigenvalue weighted by atomic mass is 16.4. The third kappa shape index (κ3) is 5.70. The smallest absolute Gasteiger partial charge is 0.328 e. The number of carbonyl (C=O) groups is 2. The van der Waals surface area contributed by atoms with Crippen LogP contribution in [0.1, 0.15) is 13.3 Å². The van der Waals surface area contributed by atoms with Crippen LogP contribution in [0.5, 0.6) is 0 Å². The van der Waals surface area contributed by atoms with Gasteiger partial charge in [0.05, 0.1) is 0 Å². The van der Waals surface area contributed by atoms with Crippen LogP contribution < -0.4 is 4.90 Å². The molecule has 7 heteroatoms. The van der Waals surface area contributed by atoms with Crippen molar-refractivity contribution >= 4 is 34.2 Å². The standard InChI is InChI=1S/C17H19N3.C4H4O4/c1-3-11-20(15-6-9-18-10-7-15)16-4-5-17-14(13-16)8-12-19(17)2;5-3(6)1-2-4(7)8/h4-10,12-13H,3,11H2,1-2H3;1-2H,(H,5,6)(H,7,8). The summed E-state index contributed by atoms with van der Waals surface area (Å²) in [5, 5.41) is 16.9. The summed E-state index contributed by atoms with van der Waals surface area (Å²) in [7, 11) is 2.08. The van der Waals surface area contributed by atoms with Gasteiger partial charge in [-0.3, -0.25) is 4.98 Å². The molecule has 3 rings (SSSR count). The molecule has 0 bridgehead atoms. The van der Waals surface area contributed by atoms with Crippen molar-refractivity contribution in [2.45, 2.75) is 13.3 Å². The number of hydrogen-bond acceptors (Lipinski definition) is 4. The molecule has 0 aliphatic rings. The lowest BCUT2D eigenvalue weighted by molar-refractivity contribution is -0.134. The van der Waals surface area contributed by atoms with E-state index in [0.717, 1.165) is 13.0 Å². The van der Waals surface area contributed by atoms with E-state index in [9.17, 15) is 9.59 Å². The number of anilines is 2. The number of aromatic nitrogens is 2. The molecule has 0 spiro atoms. The van der Waals surface area contributed by atoms with Crippen molar-refractivity contribution in [3.05, 3.63) is 67.1 Å². The largest absolute Gasteiger partial charge is 0.478 e. The maximum atomic E-state index is 9.55. The maximum Gasteiger partial charge on any atom is 0.328 e. The predicted octanol–water partition coefficient (Wildman–Crippen LogP) is 3.83. The van der Waals surface area contributed by atoms with Crippen LogP contribution in [-0.4, -0.2) is 38.2 Å². The van der Waals surface area contributed by atoms with E-state index in [2.05, 4.69) is 71.0 Å². The molecular weight excluding hydrogens is 358 g/mol. The van der Waals surface area contributed by atoms with Crippen LogP contribution in [0.2, 0.25) is 0 Å². The zero-order chi connectivity index (χ0) is 20.5. The minimum atomic E-state index is -1.26. The Labute approximate surface area is 163 Å². The van der Waals surface area contributed by atoms with E-state index < -0.39 is 11.9 Å². The summed E-state index contributed by atoms with van der Waals surface area (Å²) in [6.45, 7) is 3.21. The number of nitrogens with zero attached hydrogens (tertiary/aromatic N) is 3. The molecule has 1 aromatic carbocycles. The topological polar surface area (TPSA) is 95.7 Å². The van der Waals surface area contributed by atoms with Gasteiger partial charge in [-0.05, 0) is 42.8 Å². The Morgan fingerprint density at radius 1 is 1.04 bits per heavy atom. The van der Waals surface area contributed by atoms with Gasteiger partial charge in [-0.1, -0.05) is 6.92 Å². The Hall–Kier alpha value is -3.61. The number of rotatable bonds is 6. The van der Waals surface area contributed by atoms with Crippen LogP contribution in [0.4, 0.5) is 11.4 Å². The Balaban J connectivity index is 0.000000300. The number of fused-ring (bicyclic) bond motifs is 1. The molecule has 3 aromatic rings. The van der Waals surface area contributed by atoms with Gasteiger partial charge in [0.25, 0.3) is 0 Å². The first-order valence-electron chi connectivity index (χ1n) is 8.79. The van der Waals surface area contributed by atoms with Crippen LogP contribution in [-0.2, 0) is 16.6 Å². The lowest BCUT2D eigenvalue weighted by Gasteiger charge is -2.24. The first kappa shape index (κ1) is 20.7. The Morgan fingerprint density at radius 3 is 2.25 bits per heavy atom. The van der Waals surface area contributed by atoms with Gasteiger partial charge in [0.2, 0.25) is 0 Å². The molecule has 2 aromatic heterocycles. The normalized spacial score (nSPS) is 10.5. The van der Waals surface area contributed by atoms with Gasteiger partial charge < -0.3 is 19.7 Å². The third-order valence-corrected chi connectivity index (χ3v) is 3.97. The summed E-state index contributed by atoms with van der Waals surface area (Å²) >= 11 is 0. The van der Waals surface area contributed by atoms with E-state index in [1.807, 2.05) is 12.4 Å². The first-order valence-corrected chi connectivity index (χ1v) is 8.79. The minimum Gasteiger partial charge on any atom is -0.478 e. The second-order valence-corrected chi connectivity index (χ2v) is 6.04. The van der Waals surface area contributed by atoms with Crippen molar-refractivity contribution in [1.82, 2.24) is 9.55 Å². The molecule has 2 N–H and O–H groups in total. The van der Waals surface area contributed by atoms with Gasteiger partial charge in [-0.25, -0.2) is 9.59 Å². The van der Waals surface area contributed by atoms with Crippen molar-refractivity contribution in [3.63, 3.8) is 0 Å². The molecular formula is C21H23N3O4. The van der Waals surface area contributed by atoms with Crippen LogP contribution in [0, 0.1) is 0 Å². The molecule has 0 saturated heterocycles. The average molecular weight is 381 g/mol. The van der Waals surface area contributed by atoms with Crippen LogP contribution in [0.25, 0.3) is 10.9 Å². The zero-order valence-electron chi connectivity index (χ0n) is 15.8. The zero-order valence-corrected chi connectivity index (χ0v) is 15.8. The number of aliphatic carboxylic acids is 2. The fourth-order valence-electron chi connectivity index (χ4n) is 2.73. The minimum absolute atomic E-state index is 0.558. The molecule has 0 aliphatic heterocycles. The SMILES string of the molecule is CCCN(c1ccncc1)c1ccc2c(ccn2C)c1.O=C(O)C=CC(=O)O.